The first-order chi connectivity index (χ1) is 8.51. The number of nitrogens with two attached hydrogens (primary N) is 1. The molecule has 1 rings (SSSR count). The molecule has 18 heavy (non-hydrogen) atoms. The van der Waals surface area contributed by atoms with Crippen molar-refractivity contribution in [3.8, 4) is 11.5 Å². The van der Waals surface area contributed by atoms with Crippen LogP contribution in [0.25, 0.3) is 0 Å². The Morgan fingerprint density at radius 1 is 1.00 bits per heavy atom. The van der Waals surface area contributed by atoms with Crippen LogP contribution >= 0.6 is 0 Å². The molecule has 0 heterocycles. The van der Waals surface area contributed by atoms with Crippen molar-refractivity contribution < 1.29 is 14.8 Å². The zero-order chi connectivity index (χ0) is 13.4. The third-order valence-corrected chi connectivity index (χ3v) is 2.68. The monoisotopic (exact) mass is 252 g/mol. The van der Waals surface area contributed by atoms with Crippen molar-refractivity contribution in [2.24, 2.45) is 0 Å². The van der Waals surface area contributed by atoms with Gasteiger partial charge in [-0.05, 0) is 57.9 Å². The fourth-order valence-electron chi connectivity index (χ4n) is 1.64. The number of unbranched alkanes of at least 4 members (excludes halogenated alkanes) is 1. The second-order valence-corrected chi connectivity index (χ2v) is 5.59. The lowest BCUT2D eigenvalue weighted by atomic mass is 10.1. The molecule has 2 N–H and O–H groups in total. The minimum Gasteiger partial charge on any atom is -0.497 e. The van der Waals surface area contributed by atoms with Crippen molar-refractivity contribution in [1.29, 1.82) is 0 Å². The van der Waals surface area contributed by atoms with E-state index in [9.17, 15) is 0 Å². The Kier molecular flexibility index (Phi) is 5.99. The van der Waals surface area contributed by atoms with Crippen LogP contribution in [-0.4, -0.2) is 25.8 Å². The predicted molar refractivity (Wildman–Crippen MR) is 74.3 cm³/mol. The van der Waals surface area contributed by atoms with Crippen LogP contribution in [0, 0.1) is 0 Å². The number of methoxy groups -OCH3 is 1. The van der Waals surface area contributed by atoms with Crippen LogP contribution in [0.3, 0.4) is 0 Å². The third-order valence-electron chi connectivity index (χ3n) is 2.68. The Hall–Kier alpha value is -1.22. The van der Waals surface area contributed by atoms with Gasteiger partial charge >= 0.3 is 0 Å². The van der Waals surface area contributed by atoms with Crippen molar-refractivity contribution >= 4 is 0 Å². The molecule has 0 bridgehead atoms. The third kappa shape index (κ3) is 6.50. The van der Waals surface area contributed by atoms with Gasteiger partial charge in [0.15, 0.2) is 0 Å². The van der Waals surface area contributed by atoms with Crippen LogP contribution in [0.1, 0.15) is 33.6 Å². The maximum absolute atomic E-state index is 5.67. The minimum atomic E-state index is 0.330. The quantitative estimate of drug-likeness (QED) is 0.755. The normalized spacial score (nSPS) is 11.3. The van der Waals surface area contributed by atoms with E-state index in [1.54, 1.807) is 7.11 Å². The number of hydrogen-bond acceptors (Lipinski definition) is 2. The summed E-state index contributed by atoms with van der Waals surface area (Å²) in [5.74, 6) is 1.78. The Morgan fingerprint density at radius 2 is 1.61 bits per heavy atom. The fraction of sp³-hybridized carbons (Fsp3) is 0.600. The lowest BCUT2D eigenvalue weighted by Crippen LogP contribution is -2.94. The van der Waals surface area contributed by atoms with E-state index >= 15 is 0 Å². The summed E-state index contributed by atoms with van der Waals surface area (Å²) in [6.45, 7) is 8.66. The number of ether oxygens (including phenoxy) is 2. The van der Waals surface area contributed by atoms with Gasteiger partial charge in [-0.3, -0.25) is 0 Å². The largest absolute Gasteiger partial charge is 0.497 e. The summed E-state index contributed by atoms with van der Waals surface area (Å²) in [4.78, 5) is 0. The summed E-state index contributed by atoms with van der Waals surface area (Å²) < 4.78 is 10.8. The van der Waals surface area contributed by atoms with Crippen LogP contribution < -0.4 is 14.8 Å². The zero-order valence-electron chi connectivity index (χ0n) is 12.0. The molecule has 3 nitrogen and oxygen atoms in total. The summed E-state index contributed by atoms with van der Waals surface area (Å²) in [6.07, 6.45) is 2.28. The van der Waals surface area contributed by atoms with Gasteiger partial charge in [0.1, 0.15) is 11.5 Å². The average molecular weight is 252 g/mol. The molecule has 0 atom stereocenters. The van der Waals surface area contributed by atoms with Crippen molar-refractivity contribution in [3.63, 3.8) is 0 Å². The smallest absolute Gasteiger partial charge is 0.119 e. The summed E-state index contributed by atoms with van der Waals surface area (Å²) >= 11 is 0. The number of hydrogen-bond donors (Lipinski definition) is 1. The summed E-state index contributed by atoms with van der Waals surface area (Å²) in [7, 11) is 1.67. The van der Waals surface area contributed by atoms with Gasteiger partial charge in [0.2, 0.25) is 0 Å². The molecular weight excluding hydrogens is 226 g/mol. The molecule has 0 amide bonds. The SMILES string of the molecule is COc1ccc(OCCCC[NH2+]C(C)(C)C)cc1. The van der Waals surface area contributed by atoms with E-state index in [-0.39, 0.29) is 0 Å². The summed E-state index contributed by atoms with van der Waals surface area (Å²) in [5, 5.41) is 2.38. The maximum Gasteiger partial charge on any atom is 0.119 e. The van der Waals surface area contributed by atoms with Crippen molar-refractivity contribution in [3.05, 3.63) is 24.3 Å². The van der Waals surface area contributed by atoms with Crippen LogP contribution in [0.15, 0.2) is 24.3 Å². The lowest BCUT2D eigenvalue weighted by Gasteiger charge is -2.16. The Balaban J connectivity index is 2.10. The number of quaternary nitrogens is 1. The molecule has 0 fully saturated rings. The van der Waals surface area contributed by atoms with Gasteiger partial charge in [0, 0.05) is 0 Å². The summed E-state index contributed by atoms with van der Waals surface area (Å²) in [6, 6.07) is 7.73. The first-order valence-electron chi connectivity index (χ1n) is 6.62. The van der Waals surface area contributed by atoms with Crippen LogP contribution in [0.5, 0.6) is 11.5 Å². The average Bonchev–Trinajstić information content (AvgIpc) is 2.33. The highest BCUT2D eigenvalue weighted by Crippen LogP contribution is 2.17. The van der Waals surface area contributed by atoms with E-state index in [4.69, 9.17) is 9.47 Å². The Labute approximate surface area is 110 Å². The molecule has 0 aliphatic rings. The maximum atomic E-state index is 5.67. The van der Waals surface area contributed by atoms with Crippen LogP contribution in [0.4, 0.5) is 0 Å². The van der Waals surface area contributed by atoms with Gasteiger partial charge in [0.05, 0.1) is 25.8 Å². The highest BCUT2D eigenvalue weighted by Gasteiger charge is 2.11. The molecule has 1 aromatic carbocycles. The highest BCUT2D eigenvalue weighted by atomic mass is 16.5. The number of rotatable bonds is 7. The van der Waals surface area contributed by atoms with E-state index in [1.165, 1.54) is 6.42 Å². The lowest BCUT2D eigenvalue weighted by molar-refractivity contribution is -0.717. The molecule has 0 aliphatic carbocycles. The molecule has 0 unspecified atom stereocenters. The van der Waals surface area contributed by atoms with E-state index in [0.29, 0.717) is 5.54 Å². The molecule has 102 valence electrons. The minimum absolute atomic E-state index is 0.330. The standard InChI is InChI=1S/C15H25NO2/c1-15(2,3)16-11-5-6-12-18-14-9-7-13(17-4)8-10-14/h7-10,16H,5-6,11-12H2,1-4H3/p+1. The Bertz CT molecular complexity index is 327. The zero-order valence-corrected chi connectivity index (χ0v) is 12.0. The molecule has 0 aromatic heterocycles. The van der Waals surface area contributed by atoms with Gasteiger partial charge in [-0.15, -0.1) is 0 Å². The van der Waals surface area contributed by atoms with E-state index in [0.717, 1.165) is 31.1 Å². The van der Waals surface area contributed by atoms with Crippen LogP contribution in [0.2, 0.25) is 0 Å². The molecule has 0 saturated carbocycles. The predicted octanol–water partition coefficient (Wildman–Crippen LogP) is 2.22. The molecule has 3 heteroatoms. The Morgan fingerprint density at radius 3 is 2.17 bits per heavy atom. The van der Waals surface area contributed by atoms with Gasteiger partial charge in [-0.25, -0.2) is 0 Å². The van der Waals surface area contributed by atoms with Gasteiger partial charge in [-0.2, -0.15) is 0 Å². The van der Waals surface area contributed by atoms with E-state index < -0.39 is 0 Å². The summed E-state index contributed by atoms with van der Waals surface area (Å²) in [5.41, 5.74) is 0.330. The topological polar surface area (TPSA) is 35.1 Å². The van der Waals surface area contributed by atoms with Crippen molar-refractivity contribution in [2.45, 2.75) is 39.2 Å². The number of benzene rings is 1. The second-order valence-electron chi connectivity index (χ2n) is 5.59. The van der Waals surface area contributed by atoms with Gasteiger partial charge in [-0.1, -0.05) is 0 Å². The van der Waals surface area contributed by atoms with E-state index in [2.05, 4.69) is 26.1 Å². The molecule has 0 spiro atoms. The van der Waals surface area contributed by atoms with E-state index in [1.807, 2.05) is 24.3 Å². The first-order valence-corrected chi connectivity index (χ1v) is 6.62. The van der Waals surface area contributed by atoms with Gasteiger partial charge < -0.3 is 14.8 Å². The fourth-order valence-corrected chi connectivity index (χ4v) is 1.64. The molecular formula is C15H26NO2+. The molecule has 1 aromatic rings. The first kappa shape index (κ1) is 14.8. The van der Waals surface area contributed by atoms with Crippen LogP contribution in [-0.2, 0) is 0 Å². The molecule has 0 saturated heterocycles. The van der Waals surface area contributed by atoms with Crippen molar-refractivity contribution in [1.82, 2.24) is 0 Å². The molecule has 0 aliphatic heterocycles. The second kappa shape index (κ2) is 7.27. The highest BCUT2D eigenvalue weighted by molar-refractivity contribution is 5.31. The molecule has 0 radical (unpaired) electrons. The van der Waals surface area contributed by atoms with Gasteiger partial charge in [0.25, 0.3) is 0 Å². The van der Waals surface area contributed by atoms with Crippen molar-refractivity contribution in [2.75, 3.05) is 20.3 Å².